The van der Waals surface area contributed by atoms with E-state index in [0.717, 1.165) is 11.1 Å². The van der Waals surface area contributed by atoms with Crippen molar-refractivity contribution in [2.75, 3.05) is 14.2 Å². The maximum Gasteiger partial charge on any atom is 0.334 e. The summed E-state index contributed by atoms with van der Waals surface area (Å²) in [5, 5.41) is 0. The number of benzene rings is 2. The number of rotatable bonds is 5. The van der Waals surface area contributed by atoms with Crippen molar-refractivity contribution in [3.63, 3.8) is 0 Å². The minimum absolute atomic E-state index is 0.417. The molecule has 0 unspecified atom stereocenters. The van der Waals surface area contributed by atoms with Crippen LogP contribution < -0.4 is 0 Å². The Hall–Kier alpha value is -3.14. The van der Waals surface area contributed by atoms with Crippen LogP contribution in [0, 0.1) is 0 Å². The van der Waals surface area contributed by atoms with E-state index in [1.165, 1.54) is 14.2 Å². The largest absolute Gasteiger partial charge is 0.466 e. The van der Waals surface area contributed by atoms with Gasteiger partial charge in [0.15, 0.2) is 0 Å². The van der Waals surface area contributed by atoms with Crippen LogP contribution in [0.2, 0.25) is 0 Å². The van der Waals surface area contributed by atoms with E-state index in [0.29, 0.717) is 22.3 Å². The van der Waals surface area contributed by atoms with Gasteiger partial charge in [0.05, 0.1) is 14.2 Å². The topological polar surface area (TPSA) is 52.6 Å². The molecular weight excluding hydrogens is 328 g/mol. The molecule has 0 amide bonds. The van der Waals surface area contributed by atoms with Gasteiger partial charge < -0.3 is 9.47 Å². The van der Waals surface area contributed by atoms with Crippen molar-refractivity contribution in [1.29, 1.82) is 0 Å². The molecule has 0 aliphatic heterocycles. The zero-order valence-electron chi connectivity index (χ0n) is 15.4. The molecule has 2 aromatic carbocycles. The first-order valence-corrected chi connectivity index (χ1v) is 8.20. The molecule has 0 atom stereocenters. The second-order valence-corrected chi connectivity index (χ2v) is 5.72. The number of methoxy groups -OCH3 is 2. The Morgan fingerprint density at radius 3 is 1.19 bits per heavy atom. The fourth-order valence-electron chi connectivity index (χ4n) is 2.82. The van der Waals surface area contributed by atoms with Gasteiger partial charge in [0.25, 0.3) is 0 Å². The molecule has 0 radical (unpaired) electrons. The molecule has 0 aromatic heterocycles. The highest BCUT2D eigenvalue weighted by atomic mass is 16.5. The minimum Gasteiger partial charge on any atom is -0.466 e. The summed E-state index contributed by atoms with van der Waals surface area (Å²) in [5.74, 6) is -0.898. The minimum atomic E-state index is -0.449. The monoisotopic (exact) mass is 350 g/mol. The Morgan fingerprint density at radius 2 is 0.923 bits per heavy atom. The van der Waals surface area contributed by atoms with Crippen molar-refractivity contribution < 1.29 is 19.1 Å². The number of carbonyl (C=O) groups excluding carboxylic acids is 2. The number of hydrogen-bond donors (Lipinski definition) is 0. The van der Waals surface area contributed by atoms with Gasteiger partial charge in [-0.1, -0.05) is 60.7 Å². The Labute approximate surface area is 153 Å². The number of hydrogen-bond acceptors (Lipinski definition) is 4. The fourth-order valence-corrected chi connectivity index (χ4v) is 2.82. The smallest absolute Gasteiger partial charge is 0.334 e. The van der Waals surface area contributed by atoms with Gasteiger partial charge in [0, 0.05) is 22.3 Å². The molecule has 0 saturated carbocycles. The lowest BCUT2D eigenvalue weighted by Gasteiger charge is -2.18. The Bertz CT molecular complexity index is 773. The van der Waals surface area contributed by atoms with Gasteiger partial charge in [-0.2, -0.15) is 0 Å². The molecule has 0 aliphatic carbocycles. The first-order valence-electron chi connectivity index (χ1n) is 8.20. The molecule has 4 nitrogen and oxygen atoms in total. The Morgan fingerprint density at radius 1 is 0.615 bits per heavy atom. The van der Waals surface area contributed by atoms with Crippen LogP contribution in [-0.4, -0.2) is 26.2 Å². The highest BCUT2D eigenvalue weighted by Gasteiger charge is 2.23. The van der Waals surface area contributed by atoms with Crippen LogP contribution in [-0.2, 0) is 19.1 Å². The van der Waals surface area contributed by atoms with E-state index in [-0.39, 0.29) is 0 Å². The molecule has 134 valence electrons. The van der Waals surface area contributed by atoms with Crippen LogP contribution in [0.4, 0.5) is 0 Å². The molecule has 0 aliphatic rings. The summed E-state index contributed by atoms with van der Waals surface area (Å²) in [4.78, 5) is 24.6. The summed E-state index contributed by atoms with van der Waals surface area (Å²) in [5.41, 5.74) is 3.76. The second-order valence-electron chi connectivity index (χ2n) is 5.72. The lowest BCUT2D eigenvalue weighted by atomic mass is 9.86. The van der Waals surface area contributed by atoms with Gasteiger partial charge in [-0.3, -0.25) is 0 Å². The van der Waals surface area contributed by atoms with Crippen molar-refractivity contribution >= 4 is 23.1 Å². The van der Waals surface area contributed by atoms with Crippen molar-refractivity contribution in [2.24, 2.45) is 0 Å². The first kappa shape index (κ1) is 19.2. The van der Waals surface area contributed by atoms with Gasteiger partial charge in [0.2, 0.25) is 0 Å². The maximum absolute atomic E-state index is 12.3. The van der Waals surface area contributed by atoms with E-state index >= 15 is 0 Å². The van der Waals surface area contributed by atoms with E-state index in [4.69, 9.17) is 9.47 Å². The van der Waals surface area contributed by atoms with Gasteiger partial charge in [-0.15, -0.1) is 0 Å². The Balaban J connectivity index is 2.88. The fraction of sp³-hybridized carbons (Fsp3) is 0.182. The molecule has 0 fully saturated rings. The summed E-state index contributed by atoms with van der Waals surface area (Å²) in [6.45, 7) is 3.39. The summed E-state index contributed by atoms with van der Waals surface area (Å²) < 4.78 is 9.86. The van der Waals surface area contributed by atoms with Crippen LogP contribution in [0.3, 0.4) is 0 Å². The standard InChI is InChI=1S/C22H22O4/c1-15(21(23)25-3)19(17-11-7-5-8-12-17)20(16(2)22(24)26-4)18-13-9-6-10-14-18/h5-14H,1-4H3/b19-15-,20-16+. The molecule has 4 heteroatoms. The maximum atomic E-state index is 12.3. The lowest BCUT2D eigenvalue weighted by molar-refractivity contribution is -0.136. The third kappa shape index (κ3) is 4.09. The zero-order valence-corrected chi connectivity index (χ0v) is 15.4. The molecule has 0 bridgehead atoms. The van der Waals surface area contributed by atoms with Crippen LogP contribution in [0.1, 0.15) is 25.0 Å². The van der Waals surface area contributed by atoms with Crippen molar-refractivity contribution in [3.8, 4) is 0 Å². The molecule has 2 rings (SSSR count). The van der Waals surface area contributed by atoms with Crippen LogP contribution >= 0.6 is 0 Å². The molecule has 0 saturated heterocycles. The SMILES string of the molecule is COC(=O)/C(C)=C(\C(=C(/C)C(=O)OC)c1ccccc1)c1ccccc1. The van der Waals surface area contributed by atoms with Crippen LogP contribution in [0.15, 0.2) is 71.8 Å². The average Bonchev–Trinajstić information content (AvgIpc) is 2.70. The number of ether oxygens (including phenoxy) is 2. The van der Waals surface area contributed by atoms with E-state index in [9.17, 15) is 9.59 Å². The summed E-state index contributed by atoms with van der Waals surface area (Å²) in [6.07, 6.45) is 0. The highest BCUT2D eigenvalue weighted by Crippen LogP contribution is 2.37. The number of carbonyl (C=O) groups is 2. The normalized spacial score (nSPS) is 12.6. The lowest BCUT2D eigenvalue weighted by Crippen LogP contribution is -2.10. The molecular formula is C22H22O4. The second kappa shape index (κ2) is 8.81. The average molecular weight is 350 g/mol. The van der Waals surface area contributed by atoms with Crippen molar-refractivity contribution in [1.82, 2.24) is 0 Å². The predicted molar refractivity (Wildman–Crippen MR) is 102 cm³/mol. The van der Waals surface area contributed by atoms with Crippen LogP contribution in [0.25, 0.3) is 11.1 Å². The van der Waals surface area contributed by atoms with Gasteiger partial charge in [-0.05, 0) is 25.0 Å². The Kier molecular flexibility index (Phi) is 6.50. The van der Waals surface area contributed by atoms with E-state index in [1.807, 2.05) is 60.7 Å². The van der Waals surface area contributed by atoms with Crippen LogP contribution in [0.5, 0.6) is 0 Å². The van der Waals surface area contributed by atoms with Gasteiger partial charge in [0.1, 0.15) is 0 Å². The van der Waals surface area contributed by atoms with E-state index in [1.54, 1.807) is 13.8 Å². The molecule has 2 aromatic rings. The van der Waals surface area contributed by atoms with Crippen molar-refractivity contribution in [3.05, 3.63) is 82.9 Å². The summed E-state index contributed by atoms with van der Waals surface area (Å²) >= 11 is 0. The third-order valence-corrected chi connectivity index (χ3v) is 4.11. The highest BCUT2D eigenvalue weighted by molar-refractivity contribution is 6.18. The quantitative estimate of drug-likeness (QED) is 0.459. The molecule has 0 heterocycles. The molecule has 0 N–H and O–H groups in total. The van der Waals surface area contributed by atoms with Gasteiger partial charge >= 0.3 is 11.9 Å². The number of allylic oxidation sites excluding steroid dienone is 2. The van der Waals surface area contributed by atoms with Crippen molar-refractivity contribution in [2.45, 2.75) is 13.8 Å². The van der Waals surface area contributed by atoms with E-state index < -0.39 is 11.9 Å². The predicted octanol–water partition coefficient (Wildman–Crippen LogP) is 4.28. The molecule has 0 spiro atoms. The summed E-state index contributed by atoms with van der Waals surface area (Å²) in [7, 11) is 2.68. The van der Waals surface area contributed by atoms with E-state index in [2.05, 4.69) is 0 Å². The first-order chi connectivity index (χ1) is 12.5. The number of esters is 2. The zero-order chi connectivity index (χ0) is 19.1. The van der Waals surface area contributed by atoms with Gasteiger partial charge in [-0.25, -0.2) is 9.59 Å². The third-order valence-electron chi connectivity index (χ3n) is 4.11. The molecule has 26 heavy (non-hydrogen) atoms. The summed E-state index contributed by atoms with van der Waals surface area (Å²) in [6, 6.07) is 18.9.